The SMILES string of the molecule is Cc1cccc2nc3cccc(C(=O)n4ccnc4)c3nc12. The van der Waals surface area contributed by atoms with Gasteiger partial charge in [-0.05, 0) is 30.7 Å². The number of rotatable bonds is 1. The van der Waals surface area contributed by atoms with Gasteiger partial charge in [-0.3, -0.25) is 9.36 Å². The molecule has 0 unspecified atom stereocenters. The van der Waals surface area contributed by atoms with Crippen LogP contribution < -0.4 is 0 Å². The third-order valence-electron chi connectivity index (χ3n) is 3.67. The predicted octanol–water partition coefficient (Wildman–Crippen LogP) is 2.98. The van der Waals surface area contributed by atoms with Crippen molar-refractivity contribution in [2.45, 2.75) is 6.92 Å². The van der Waals surface area contributed by atoms with Crippen molar-refractivity contribution in [3.05, 3.63) is 66.2 Å². The predicted molar refractivity (Wildman–Crippen MR) is 83.7 cm³/mol. The van der Waals surface area contributed by atoms with Crippen molar-refractivity contribution in [1.82, 2.24) is 19.5 Å². The smallest absolute Gasteiger partial charge is 0.265 e. The van der Waals surface area contributed by atoms with E-state index in [2.05, 4.69) is 9.97 Å². The third kappa shape index (κ3) is 1.87. The lowest BCUT2D eigenvalue weighted by Gasteiger charge is -2.07. The number of benzene rings is 2. The highest BCUT2D eigenvalue weighted by molar-refractivity contribution is 6.07. The van der Waals surface area contributed by atoms with E-state index in [-0.39, 0.29) is 5.91 Å². The Morgan fingerprint density at radius 2 is 1.77 bits per heavy atom. The molecular formula is C17H12N4O. The molecule has 0 saturated heterocycles. The number of carbonyl (C=O) groups is 1. The Morgan fingerprint density at radius 3 is 2.55 bits per heavy atom. The van der Waals surface area contributed by atoms with E-state index in [1.54, 1.807) is 18.5 Å². The normalized spacial score (nSPS) is 11.1. The molecule has 4 aromatic rings. The van der Waals surface area contributed by atoms with Crippen LogP contribution in [0, 0.1) is 6.92 Å². The first kappa shape index (κ1) is 12.6. The summed E-state index contributed by atoms with van der Waals surface area (Å²) in [5.74, 6) is -0.162. The molecule has 4 rings (SSSR count). The molecular weight excluding hydrogens is 276 g/mol. The Labute approximate surface area is 126 Å². The Balaban J connectivity index is 2.03. The summed E-state index contributed by atoms with van der Waals surface area (Å²) in [5.41, 5.74) is 4.54. The summed E-state index contributed by atoms with van der Waals surface area (Å²) in [7, 11) is 0. The molecule has 0 radical (unpaired) electrons. The standard InChI is InChI=1S/C17H12N4O/c1-11-4-2-6-13-15(11)20-16-12(5-3-7-14(16)19-13)17(22)21-9-8-18-10-21/h2-10H,1H3. The molecule has 5 heteroatoms. The van der Waals surface area contributed by atoms with E-state index in [9.17, 15) is 4.79 Å². The molecule has 0 fully saturated rings. The molecule has 0 atom stereocenters. The van der Waals surface area contributed by atoms with Gasteiger partial charge in [0.2, 0.25) is 0 Å². The maximum Gasteiger partial charge on any atom is 0.265 e. The van der Waals surface area contributed by atoms with E-state index in [1.165, 1.54) is 10.9 Å². The topological polar surface area (TPSA) is 60.7 Å². The maximum atomic E-state index is 12.6. The van der Waals surface area contributed by atoms with Crippen molar-refractivity contribution < 1.29 is 4.79 Å². The second kappa shape index (κ2) is 4.73. The molecule has 0 amide bonds. The fourth-order valence-corrected chi connectivity index (χ4v) is 2.55. The van der Waals surface area contributed by atoms with Crippen LogP contribution in [0.25, 0.3) is 22.1 Å². The van der Waals surface area contributed by atoms with E-state index in [0.717, 1.165) is 16.6 Å². The quantitative estimate of drug-likeness (QED) is 0.505. The zero-order chi connectivity index (χ0) is 15.1. The number of nitrogens with zero attached hydrogens (tertiary/aromatic N) is 4. The minimum absolute atomic E-state index is 0.162. The van der Waals surface area contributed by atoms with Crippen LogP contribution in [-0.4, -0.2) is 25.4 Å². The molecule has 0 bridgehead atoms. The van der Waals surface area contributed by atoms with Crippen LogP contribution in [0.5, 0.6) is 0 Å². The number of aromatic nitrogens is 4. The fourth-order valence-electron chi connectivity index (χ4n) is 2.55. The van der Waals surface area contributed by atoms with Gasteiger partial charge in [-0.1, -0.05) is 18.2 Å². The highest BCUT2D eigenvalue weighted by atomic mass is 16.2. The van der Waals surface area contributed by atoms with Gasteiger partial charge in [0.15, 0.2) is 0 Å². The van der Waals surface area contributed by atoms with Crippen molar-refractivity contribution in [2.24, 2.45) is 0 Å². The molecule has 0 saturated carbocycles. The molecule has 0 N–H and O–H groups in total. The van der Waals surface area contributed by atoms with Gasteiger partial charge in [-0.15, -0.1) is 0 Å². The van der Waals surface area contributed by atoms with E-state index in [4.69, 9.17) is 4.98 Å². The van der Waals surface area contributed by atoms with Crippen molar-refractivity contribution in [3.8, 4) is 0 Å². The zero-order valence-corrected chi connectivity index (χ0v) is 11.9. The minimum atomic E-state index is -0.162. The van der Waals surface area contributed by atoms with Crippen LogP contribution in [-0.2, 0) is 0 Å². The van der Waals surface area contributed by atoms with Crippen molar-refractivity contribution in [3.63, 3.8) is 0 Å². The van der Waals surface area contributed by atoms with Gasteiger partial charge in [-0.25, -0.2) is 15.0 Å². The maximum absolute atomic E-state index is 12.6. The number of fused-ring (bicyclic) bond motifs is 2. The molecule has 22 heavy (non-hydrogen) atoms. The average molecular weight is 288 g/mol. The first-order valence-electron chi connectivity index (χ1n) is 6.93. The Hall–Kier alpha value is -3.08. The highest BCUT2D eigenvalue weighted by Gasteiger charge is 2.14. The summed E-state index contributed by atoms with van der Waals surface area (Å²) >= 11 is 0. The lowest BCUT2D eigenvalue weighted by molar-refractivity contribution is 0.0961. The van der Waals surface area contributed by atoms with Crippen molar-refractivity contribution in [2.75, 3.05) is 0 Å². The number of para-hydroxylation sites is 2. The monoisotopic (exact) mass is 288 g/mol. The van der Waals surface area contributed by atoms with Crippen molar-refractivity contribution in [1.29, 1.82) is 0 Å². The molecule has 0 aliphatic heterocycles. The summed E-state index contributed by atoms with van der Waals surface area (Å²) in [6.07, 6.45) is 4.69. The van der Waals surface area contributed by atoms with Gasteiger partial charge >= 0.3 is 0 Å². The Kier molecular flexibility index (Phi) is 2.72. The molecule has 2 aromatic heterocycles. The number of aryl methyl sites for hydroxylation is 1. The average Bonchev–Trinajstić information content (AvgIpc) is 3.07. The summed E-state index contributed by atoms with van der Waals surface area (Å²) in [4.78, 5) is 25.8. The molecule has 5 nitrogen and oxygen atoms in total. The van der Waals surface area contributed by atoms with E-state index in [1.807, 2.05) is 37.3 Å². The summed E-state index contributed by atoms with van der Waals surface area (Å²) < 4.78 is 1.44. The number of imidazole rings is 1. The van der Waals surface area contributed by atoms with Crippen LogP contribution >= 0.6 is 0 Å². The molecule has 106 valence electrons. The number of carbonyl (C=O) groups excluding carboxylic acids is 1. The van der Waals surface area contributed by atoms with Crippen molar-refractivity contribution >= 4 is 28.0 Å². The first-order valence-corrected chi connectivity index (χ1v) is 6.93. The van der Waals surface area contributed by atoms with E-state index in [0.29, 0.717) is 16.6 Å². The van der Waals surface area contributed by atoms with E-state index >= 15 is 0 Å². The van der Waals surface area contributed by atoms with Gasteiger partial charge in [0.1, 0.15) is 11.8 Å². The lowest BCUT2D eigenvalue weighted by atomic mass is 10.1. The fraction of sp³-hybridized carbons (Fsp3) is 0.0588. The number of hydrogen-bond donors (Lipinski definition) is 0. The van der Waals surface area contributed by atoms with Crippen LogP contribution in [0.2, 0.25) is 0 Å². The summed E-state index contributed by atoms with van der Waals surface area (Å²) in [6, 6.07) is 11.3. The number of hydrogen-bond acceptors (Lipinski definition) is 4. The van der Waals surface area contributed by atoms with Crippen LogP contribution in [0.3, 0.4) is 0 Å². The molecule has 0 aliphatic rings. The van der Waals surface area contributed by atoms with Gasteiger partial charge in [0.25, 0.3) is 5.91 Å². The van der Waals surface area contributed by atoms with Crippen LogP contribution in [0.15, 0.2) is 55.1 Å². The molecule has 0 spiro atoms. The van der Waals surface area contributed by atoms with Crippen LogP contribution in [0.1, 0.15) is 15.9 Å². The largest absolute Gasteiger partial charge is 0.272 e. The van der Waals surface area contributed by atoms with Gasteiger partial charge < -0.3 is 0 Å². The first-order chi connectivity index (χ1) is 10.7. The van der Waals surface area contributed by atoms with Gasteiger partial charge in [0, 0.05) is 12.4 Å². The summed E-state index contributed by atoms with van der Waals surface area (Å²) in [5, 5.41) is 0. The Bertz CT molecular complexity index is 1010. The Morgan fingerprint density at radius 1 is 1.00 bits per heavy atom. The highest BCUT2D eigenvalue weighted by Crippen LogP contribution is 2.22. The summed E-state index contributed by atoms with van der Waals surface area (Å²) in [6.45, 7) is 1.99. The third-order valence-corrected chi connectivity index (χ3v) is 3.67. The van der Waals surface area contributed by atoms with Crippen LogP contribution in [0.4, 0.5) is 0 Å². The van der Waals surface area contributed by atoms with Gasteiger partial charge in [-0.2, -0.15) is 0 Å². The second-order valence-electron chi connectivity index (χ2n) is 5.11. The van der Waals surface area contributed by atoms with Gasteiger partial charge in [0.05, 0.1) is 22.1 Å². The zero-order valence-electron chi connectivity index (χ0n) is 11.9. The molecule has 2 aromatic carbocycles. The minimum Gasteiger partial charge on any atom is -0.272 e. The lowest BCUT2D eigenvalue weighted by Crippen LogP contribution is -2.11. The van der Waals surface area contributed by atoms with E-state index < -0.39 is 0 Å². The molecule has 0 aliphatic carbocycles. The second-order valence-corrected chi connectivity index (χ2v) is 5.11. The molecule has 2 heterocycles.